The predicted octanol–water partition coefficient (Wildman–Crippen LogP) is 7.45. The van der Waals surface area contributed by atoms with E-state index in [2.05, 4.69) is 18.6 Å². The van der Waals surface area contributed by atoms with Crippen molar-refractivity contribution in [1.82, 2.24) is 0 Å². The van der Waals surface area contributed by atoms with Crippen molar-refractivity contribution in [2.45, 2.75) is 123 Å². The summed E-state index contributed by atoms with van der Waals surface area (Å²) in [6.07, 6.45) is 22.3. The predicted molar refractivity (Wildman–Crippen MR) is 105 cm³/mol. The van der Waals surface area contributed by atoms with Crippen LogP contribution in [0.3, 0.4) is 0 Å². The normalized spacial score (nSPS) is 12.3. The van der Waals surface area contributed by atoms with Crippen LogP contribution in [0.1, 0.15) is 123 Å². The standard InChI is InChI=1S/C22H44O2/c1-4-5-6-15-18-21(2)19-16-13-11-9-7-8-10-12-14-17-20-22(23)24-3/h21H,4-20H2,1-3H3. The third kappa shape index (κ3) is 17.8. The molecule has 0 aliphatic carbocycles. The highest BCUT2D eigenvalue weighted by Crippen LogP contribution is 2.18. The van der Waals surface area contributed by atoms with Gasteiger partial charge in [-0.25, -0.2) is 0 Å². The Bertz CT molecular complexity index is 263. The molecule has 0 radical (unpaired) electrons. The molecule has 0 aliphatic rings. The van der Waals surface area contributed by atoms with Crippen molar-refractivity contribution in [3.8, 4) is 0 Å². The first-order chi connectivity index (χ1) is 11.7. The molecule has 24 heavy (non-hydrogen) atoms. The summed E-state index contributed by atoms with van der Waals surface area (Å²) >= 11 is 0. The first-order valence-electron chi connectivity index (χ1n) is 10.8. The smallest absolute Gasteiger partial charge is 0.305 e. The molecule has 0 aromatic carbocycles. The molecule has 0 N–H and O–H groups in total. The second kappa shape index (κ2) is 18.8. The van der Waals surface area contributed by atoms with Crippen LogP contribution in [0.2, 0.25) is 0 Å². The van der Waals surface area contributed by atoms with Crippen molar-refractivity contribution >= 4 is 5.97 Å². The monoisotopic (exact) mass is 340 g/mol. The van der Waals surface area contributed by atoms with Gasteiger partial charge in [-0.1, -0.05) is 110 Å². The Balaban J connectivity index is 3.13. The summed E-state index contributed by atoms with van der Waals surface area (Å²) in [5.41, 5.74) is 0. The van der Waals surface area contributed by atoms with E-state index >= 15 is 0 Å². The molecule has 2 nitrogen and oxygen atoms in total. The third-order valence-corrected chi connectivity index (χ3v) is 5.11. The quantitative estimate of drug-likeness (QED) is 0.191. The summed E-state index contributed by atoms with van der Waals surface area (Å²) in [7, 11) is 1.47. The van der Waals surface area contributed by atoms with Crippen LogP contribution in [-0.4, -0.2) is 13.1 Å². The van der Waals surface area contributed by atoms with Gasteiger partial charge < -0.3 is 4.74 Å². The van der Waals surface area contributed by atoms with Crippen LogP contribution in [0, 0.1) is 5.92 Å². The minimum atomic E-state index is -0.0646. The van der Waals surface area contributed by atoms with E-state index in [1.807, 2.05) is 0 Å². The van der Waals surface area contributed by atoms with Crippen LogP contribution >= 0.6 is 0 Å². The first-order valence-corrected chi connectivity index (χ1v) is 10.8. The summed E-state index contributed by atoms with van der Waals surface area (Å²) in [5.74, 6) is 0.872. The second-order valence-electron chi connectivity index (χ2n) is 7.60. The van der Waals surface area contributed by atoms with Gasteiger partial charge in [0.1, 0.15) is 0 Å². The lowest BCUT2D eigenvalue weighted by Crippen LogP contribution is -1.99. The van der Waals surface area contributed by atoms with Gasteiger partial charge >= 0.3 is 5.97 Å². The minimum absolute atomic E-state index is 0.0646. The highest BCUT2D eigenvalue weighted by atomic mass is 16.5. The number of carbonyl (C=O) groups is 1. The molecule has 0 aromatic rings. The van der Waals surface area contributed by atoms with Crippen molar-refractivity contribution in [2.75, 3.05) is 7.11 Å². The molecule has 0 amide bonds. The number of hydrogen-bond acceptors (Lipinski definition) is 2. The van der Waals surface area contributed by atoms with E-state index in [-0.39, 0.29) is 5.97 Å². The van der Waals surface area contributed by atoms with Crippen LogP contribution in [0.25, 0.3) is 0 Å². The summed E-state index contributed by atoms with van der Waals surface area (Å²) in [6.45, 7) is 4.72. The molecular formula is C22H44O2. The summed E-state index contributed by atoms with van der Waals surface area (Å²) in [4.78, 5) is 11.0. The Kier molecular flexibility index (Phi) is 18.4. The van der Waals surface area contributed by atoms with Gasteiger partial charge in [0.25, 0.3) is 0 Å². The maximum Gasteiger partial charge on any atom is 0.305 e. The van der Waals surface area contributed by atoms with E-state index < -0.39 is 0 Å². The number of ether oxygens (including phenoxy) is 1. The fourth-order valence-electron chi connectivity index (χ4n) is 3.34. The van der Waals surface area contributed by atoms with Gasteiger partial charge in [-0.05, 0) is 12.3 Å². The molecule has 0 bridgehead atoms. The third-order valence-electron chi connectivity index (χ3n) is 5.11. The number of methoxy groups -OCH3 is 1. The van der Waals surface area contributed by atoms with Gasteiger partial charge in [0.2, 0.25) is 0 Å². The maximum absolute atomic E-state index is 11.0. The average molecular weight is 341 g/mol. The van der Waals surface area contributed by atoms with Crippen LogP contribution in [0.5, 0.6) is 0 Å². The molecule has 1 atom stereocenters. The number of rotatable bonds is 18. The van der Waals surface area contributed by atoms with E-state index in [9.17, 15) is 4.79 Å². The molecule has 0 fully saturated rings. The Morgan fingerprint density at radius 1 is 0.708 bits per heavy atom. The van der Waals surface area contributed by atoms with Gasteiger partial charge in [-0.3, -0.25) is 4.79 Å². The van der Waals surface area contributed by atoms with Crippen LogP contribution in [0.15, 0.2) is 0 Å². The molecule has 1 unspecified atom stereocenters. The lowest BCUT2D eigenvalue weighted by Gasteiger charge is -2.10. The summed E-state index contributed by atoms with van der Waals surface area (Å²) < 4.78 is 4.65. The van der Waals surface area contributed by atoms with E-state index in [0.717, 1.165) is 12.3 Å². The fourth-order valence-corrected chi connectivity index (χ4v) is 3.34. The average Bonchev–Trinajstić information content (AvgIpc) is 2.59. The van der Waals surface area contributed by atoms with Gasteiger partial charge in [0.15, 0.2) is 0 Å². The molecule has 0 spiro atoms. The van der Waals surface area contributed by atoms with Crippen LogP contribution < -0.4 is 0 Å². The first kappa shape index (κ1) is 23.5. The SMILES string of the molecule is CCCCCCC(C)CCCCCCCCCCCCC(=O)OC. The molecule has 0 aromatic heterocycles. The highest BCUT2D eigenvalue weighted by Gasteiger charge is 2.02. The van der Waals surface area contributed by atoms with E-state index in [0.29, 0.717) is 6.42 Å². The molecule has 0 saturated heterocycles. The number of unbranched alkanes of at least 4 members (excludes halogenated alkanes) is 12. The zero-order valence-electron chi connectivity index (χ0n) is 16.9. The lowest BCUT2D eigenvalue weighted by molar-refractivity contribution is -0.140. The Labute approximate surface area is 152 Å². The van der Waals surface area contributed by atoms with E-state index in [1.165, 1.54) is 103 Å². The van der Waals surface area contributed by atoms with Crippen molar-refractivity contribution in [3.63, 3.8) is 0 Å². The lowest BCUT2D eigenvalue weighted by atomic mass is 9.96. The van der Waals surface area contributed by atoms with E-state index in [1.54, 1.807) is 0 Å². The van der Waals surface area contributed by atoms with Crippen molar-refractivity contribution in [1.29, 1.82) is 0 Å². The molecule has 2 heteroatoms. The highest BCUT2D eigenvalue weighted by molar-refractivity contribution is 5.68. The zero-order chi connectivity index (χ0) is 17.9. The van der Waals surface area contributed by atoms with Crippen LogP contribution in [-0.2, 0) is 9.53 Å². The molecule has 0 aliphatic heterocycles. The minimum Gasteiger partial charge on any atom is -0.469 e. The topological polar surface area (TPSA) is 26.3 Å². The van der Waals surface area contributed by atoms with Crippen LogP contribution in [0.4, 0.5) is 0 Å². The second-order valence-corrected chi connectivity index (χ2v) is 7.60. The Morgan fingerprint density at radius 3 is 1.58 bits per heavy atom. The molecule has 0 heterocycles. The maximum atomic E-state index is 11.0. The number of carbonyl (C=O) groups excluding carboxylic acids is 1. The molecular weight excluding hydrogens is 296 g/mol. The fraction of sp³-hybridized carbons (Fsp3) is 0.955. The Hall–Kier alpha value is -0.530. The molecule has 0 saturated carbocycles. The zero-order valence-corrected chi connectivity index (χ0v) is 16.9. The van der Waals surface area contributed by atoms with Gasteiger partial charge in [-0.2, -0.15) is 0 Å². The number of esters is 1. The van der Waals surface area contributed by atoms with Crippen molar-refractivity contribution in [3.05, 3.63) is 0 Å². The van der Waals surface area contributed by atoms with Gasteiger partial charge in [0.05, 0.1) is 7.11 Å². The molecule has 144 valence electrons. The van der Waals surface area contributed by atoms with E-state index in [4.69, 9.17) is 0 Å². The van der Waals surface area contributed by atoms with Crippen molar-refractivity contribution < 1.29 is 9.53 Å². The summed E-state index contributed by atoms with van der Waals surface area (Å²) in [5, 5.41) is 0. The Morgan fingerprint density at radius 2 is 1.12 bits per heavy atom. The summed E-state index contributed by atoms with van der Waals surface area (Å²) in [6, 6.07) is 0. The number of hydrogen-bond donors (Lipinski definition) is 0. The van der Waals surface area contributed by atoms with Gasteiger partial charge in [0, 0.05) is 6.42 Å². The largest absolute Gasteiger partial charge is 0.469 e. The van der Waals surface area contributed by atoms with Gasteiger partial charge in [-0.15, -0.1) is 0 Å². The van der Waals surface area contributed by atoms with Crippen molar-refractivity contribution in [2.24, 2.45) is 5.92 Å². The molecule has 0 rings (SSSR count).